The molecule has 0 bridgehead atoms. The first-order valence-electron chi connectivity index (χ1n) is 5.72. The SMILES string of the molecule is CCc1nnsc1C(=O)Oc1ccc(C)cc1C. The molecule has 0 saturated heterocycles. The lowest BCUT2D eigenvalue weighted by molar-refractivity contribution is 0.0737. The first kappa shape index (κ1) is 12.7. The molecule has 0 N–H and O–H groups in total. The van der Waals surface area contributed by atoms with Gasteiger partial charge in [0.15, 0.2) is 4.88 Å². The maximum Gasteiger partial charge on any atom is 0.357 e. The second kappa shape index (κ2) is 5.27. The van der Waals surface area contributed by atoms with Crippen LogP contribution in [0, 0.1) is 13.8 Å². The largest absolute Gasteiger partial charge is 0.422 e. The van der Waals surface area contributed by atoms with E-state index in [0.717, 1.165) is 22.7 Å². The van der Waals surface area contributed by atoms with Crippen LogP contribution < -0.4 is 4.74 Å². The number of ether oxygens (including phenoxy) is 1. The summed E-state index contributed by atoms with van der Waals surface area (Å²) in [6, 6.07) is 5.71. The highest BCUT2D eigenvalue weighted by atomic mass is 32.1. The second-order valence-electron chi connectivity index (χ2n) is 4.06. The van der Waals surface area contributed by atoms with E-state index in [2.05, 4.69) is 9.59 Å². The highest BCUT2D eigenvalue weighted by Gasteiger charge is 2.17. The van der Waals surface area contributed by atoms with Crippen molar-refractivity contribution in [1.82, 2.24) is 9.59 Å². The van der Waals surface area contributed by atoms with Gasteiger partial charge in [0.1, 0.15) is 5.75 Å². The minimum Gasteiger partial charge on any atom is -0.422 e. The van der Waals surface area contributed by atoms with Crippen molar-refractivity contribution in [3.8, 4) is 5.75 Å². The van der Waals surface area contributed by atoms with E-state index in [9.17, 15) is 4.79 Å². The lowest BCUT2D eigenvalue weighted by Gasteiger charge is -2.07. The van der Waals surface area contributed by atoms with Crippen LogP contribution >= 0.6 is 11.5 Å². The Morgan fingerprint density at radius 2 is 2.17 bits per heavy atom. The van der Waals surface area contributed by atoms with Crippen molar-refractivity contribution in [3.63, 3.8) is 0 Å². The summed E-state index contributed by atoms with van der Waals surface area (Å²) in [6.45, 7) is 5.85. The smallest absolute Gasteiger partial charge is 0.357 e. The van der Waals surface area contributed by atoms with Gasteiger partial charge < -0.3 is 4.74 Å². The Bertz CT molecular complexity index is 578. The van der Waals surface area contributed by atoms with Crippen LogP contribution in [0.2, 0.25) is 0 Å². The molecule has 4 nitrogen and oxygen atoms in total. The topological polar surface area (TPSA) is 52.1 Å². The number of rotatable bonds is 3. The molecule has 2 rings (SSSR count). The van der Waals surface area contributed by atoms with Gasteiger partial charge in [0.05, 0.1) is 5.69 Å². The average molecular weight is 262 g/mol. The van der Waals surface area contributed by atoms with Gasteiger partial charge in [-0.2, -0.15) is 0 Å². The summed E-state index contributed by atoms with van der Waals surface area (Å²) in [4.78, 5) is 12.5. The van der Waals surface area contributed by atoms with Crippen molar-refractivity contribution in [2.24, 2.45) is 0 Å². The lowest BCUT2D eigenvalue weighted by Crippen LogP contribution is -2.09. The second-order valence-corrected chi connectivity index (χ2v) is 4.81. The summed E-state index contributed by atoms with van der Waals surface area (Å²) in [5, 5.41) is 3.90. The van der Waals surface area contributed by atoms with Crippen molar-refractivity contribution >= 4 is 17.5 Å². The molecule has 0 aliphatic rings. The maximum atomic E-state index is 12.0. The van der Waals surface area contributed by atoms with Gasteiger partial charge in [-0.15, -0.1) is 5.10 Å². The molecule has 0 amide bonds. The van der Waals surface area contributed by atoms with Gasteiger partial charge in [-0.1, -0.05) is 29.1 Å². The fourth-order valence-electron chi connectivity index (χ4n) is 1.66. The number of aromatic nitrogens is 2. The monoisotopic (exact) mass is 262 g/mol. The molecule has 0 spiro atoms. The number of benzene rings is 1. The third-order valence-corrected chi connectivity index (χ3v) is 3.36. The van der Waals surface area contributed by atoms with E-state index in [-0.39, 0.29) is 5.97 Å². The van der Waals surface area contributed by atoms with Gasteiger partial charge in [-0.25, -0.2) is 4.79 Å². The maximum absolute atomic E-state index is 12.0. The van der Waals surface area contributed by atoms with Gasteiger partial charge in [0.25, 0.3) is 0 Å². The van der Waals surface area contributed by atoms with Crippen LogP contribution in [0.15, 0.2) is 18.2 Å². The zero-order valence-corrected chi connectivity index (χ0v) is 11.4. The number of esters is 1. The van der Waals surface area contributed by atoms with Crippen molar-refractivity contribution in [2.75, 3.05) is 0 Å². The minimum atomic E-state index is -0.381. The molecular weight excluding hydrogens is 248 g/mol. The average Bonchev–Trinajstić information content (AvgIpc) is 2.81. The molecule has 0 unspecified atom stereocenters. The summed E-state index contributed by atoms with van der Waals surface area (Å²) in [5.41, 5.74) is 2.77. The molecule has 0 saturated carbocycles. The molecule has 0 radical (unpaired) electrons. The van der Waals surface area contributed by atoms with E-state index in [1.165, 1.54) is 0 Å². The molecule has 0 atom stereocenters. The van der Waals surface area contributed by atoms with Crippen LogP contribution in [0.25, 0.3) is 0 Å². The van der Waals surface area contributed by atoms with Gasteiger partial charge in [0, 0.05) is 0 Å². The standard InChI is InChI=1S/C13H14N2O2S/c1-4-10-12(18-15-14-10)13(16)17-11-6-5-8(2)7-9(11)3/h5-7H,4H2,1-3H3. The molecule has 1 aromatic heterocycles. The highest BCUT2D eigenvalue weighted by Crippen LogP contribution is 2.21. The Kier molecular flexibility index (Phi) is 3.72. The highest BCUT2D eigenvalue weighted by molar-refractivity contribution is 7.07. The predicted octanol–water partition coefficient (Wildman–Crippen LogP) is 2.94. The Morgan fingerprint density at radius 3 is 2.83 bits per heavy atom. The molecule has 5 heteroatoms. The molecule has 2 aromatic rings. The van der Waals surface area contributed by atoms with E-state index in [0.29, 0.717) is 22.7 Å². The van der Waals surface area contributed by atoms with E-state index in [1.54, 1.807) is 0 Å². The molecule has 94 valence electrons. The summed E-state index contributed by atoms with van der Waals surface area (Å²) in [7, 11) is 0. The number of hydrogen-bond donors (Lipinski definition) is 0. The van der Waals surface area contributed by atoms with Crippen LogP contribution in [0.3, 0.4) is 0 Å². The van der Waals surface area contributed by atoms with E-state index >= 15 is 0 Å². The van der Waals surface area contributed by atoms with Gasteiger partial charge >= 0.3 is 5.97 Å². The molecule has 18 heavy (non-hydrogen) atoms. The Hall–Kier alpha value is -1.75. The predicted molar refractivity (Wildman–Crippen MR) is 70.2 cm³/mol. The molecule has 0 fully saturated rings. The first-order chi connectivity index (χ1) is 8.61. The molecule has 0 aliphatic heterocycles. The van der Waals surface area contributed by atoms with Gasteiger partial charge in [-0.3, -0.25) is 0 Å². The van der Waals surface area contributed by atoms with Crippen LogP contribution in [0.1, 0.15) is 33.4 Å². The van der Waals surface area contributed by atoms with E-state index in [1.807, 2.05) is 39.0 Å². The van der Waals surface area contributed by atoms with E-state index < -0.39 is 0 Å². The van der Waals surface area contributed by atoms with Crippen LogP contribution in [-0.4, -0.2) is 15.6 Å². The van der Waals surface area contributed by atoms with Crippen LogP contribution in [0.5, 0.6) is 5.75 Å². The molecule has 1 heterocycles. The Labute approximate surface area is 110 Å². The number of aryl methyl sites for hydroxylation is 3. The van der Waals surface area contributed by atoms with Crippen molar-refractivity contribution in [3.05, 3.63) is 39.9 Å². The third kappa shape index (κ3) is 2.56. The van der Waals surface area contributed by atoms with Crippen molar-refractivity contribution < 1.29 is 9.53 Å². The molecule has 0 aliphatic carbocycles. The number of carbonyl (C=O) groups excluding carboxylic acids is 1. The number of hydrogen-bond acceptors (Lipinski definition) is 5. The summed E-state index contributed by atoms with van der Waals surface area (Å²) in [6.07, 6.45) is 0.674. The zero-order valence-electron chi connectivity index (χ0n) is 10.6. The summed E-state index contributed by atoms with van der Waals surface area (Å²) < 4.78 is 9.16. The summed E-state index contributed by atoms with van der Waals surface area (Å²) >= 11 is 1.07. The van der Waals surface area contributed by atoms with E-state index in [4.69, 9.17) is 4.74 Å². The fourth-order valence-corrected chi connectivity index (χ4v) is 2.28. The molecule has 1 aromatic carbocycles. The van der Waals surface area contributed by atoms with Crippen molar-refractivity contribution in [2.45, 2.75) is 27.2 Å². The lowest BCUT2D eigenvalue weighted by atomic mass is 10.1. The summed E-state index contributed by atoms with van der Waals surface area (Å²) in [5.74, 6) is 0.204. The minimum absolute atomic E-state index is 0.381. The van der Waals surface area contributed by atoms with Crippen molar-refractivity contribution in [1.29, 1.82) is 0 Å². The van der Waals surface area contributed by atoms with Crippen LogP contribution in [0.4, 0.5) is 0 Å². The number of carbonyl (C=O) groups is 1. The van der Waals surface area contributed by atoms with Gasteiger partial charge in [-0.05, 0) is 43.4 Å². The number of nitrogens with zero attached hydrogens (tertiary/aromatic N) is 2. The first-order valence-corrected chi connectivity index (χ1v) is 6.49. The fraction of sp³-hybridized carbons (Fsp3) is 0.308. The van der Waals surface area contributed by atoms with Gasteiger partial charge in [0.2, 0.25) is 0 Å². The zero-order chi connectivity index (χ0) is 13.1. The van der Waals surface area contributed by atoms with Crippen LogP contribution in [-0.2, 0) is 6.42 Å². The normalized spacial score (nSPS) is 10.4. The third-order valence-electron chi connectivity index (χ3n) is 2.61. The quantitative estimate of drug-likeness (QED) is 0.630. The molecular formula is C13H14N2O2S. The Morgan fingerprint density at radius 1 is 1.39 bits per heavy atom. The Balaban J connectivity index is 2.21.